The Labute approximate surface area is 70.7 Å². The lowest BCUT2D eigenvalue weighted by Crippen LogP contribution is -2.20. The molecular weight excluding hydrogens is 150 g/mol. The number of aliphatic imine (C=N–C) groups is 1. The van der Waals surface area contributed by atoms with Gasteiger partial charge < -0.3 is 5.73 Å². The van der Waals surface area contributed by atoms with E-state index in [0.717, 1.165) is 17.0 Å². The first-order chi connectivity index (χ1) is 5.77. The van der Waals surface area contributed by atoms with Gasteiger partial charge in [0.1, 0.15) is 5.84 Å². The smallest absolute Gasteiger partial charge is 0.132 e. The van der Waals surface area contributed by atoms with E-state index in [2.05, 4.69) is 16.6 Å². The zero-order chi connectivity index (χ0) is 8.55. The summed E-state index contributed by atoms with van der Waals surface area (Å²) in [5.41, 5.74) is 8.37. The molecule has 0 radical (unpaired) electrons. The number of nitrogens with two attached hydrogens (primary N) is 1. The quantitative estimate of drug-likeness (QED) is 0.610. The number of amidine groups is 1. The molecular formula is C9H9N3. The van der Waals surface area contributed by atoms with Crippen LogP contribution in [0.2, 0.25) is 0 Å². The van der Waals surface area contributed by atoms with Crippen LogP contribution in [0.3, 0.4) is 0 Å². The van der Waals surface area contributed by atoms with Crippen molar-refractivity contribution in [3.63, 3.8) is 0 Å². The molecule has 2 N–H and O–H groups in total. The Morgan fingerprint density at radius 3 is 3.17 bits per heavy atom. The van der Waals surface area contributed by atoms with Gasteiger partial charge >= 0.3 is 0 Å². The molecule has 1 aliphatic heterocycles. The lowest BCUT2D eigenvalue weighted by atomic mass is 10.1. The molecule has 0 unspecified atom stereocenters. The van der Waals surface area contributed by atoms with Gasteiger partial charge in [0, 0.05) is 23.9 Å². The van der Waals surface area contributed by atoms with Crippen LogP contribution in [0.25, 0.3) is 0 Å². The summed E-state index contributed by atoms with van der Waals surface area (Å²) in [6, 6.07) is 3.78. The number of fused-ring (bicyclic) bond motifs is 1. The summed E-state index contributed by atoms with van der Waals surface area (Å²) in [5.74, 6) is 0.523. The van der Waals surface area contributed by atoms with E-state index in [0.29, 0.717) is 12.3 Å². The number of allylic oxidation sites excluding steroid dienone is 1. The molecule has 0 aliphatic carbocycles. The molecule has 0 atom stereocenters. The second-order valence-electron chi connectivity index (χ2n) is 2.74. The number of nitrogens with zero attached hydrogens (tertiary/aromatic N) is 2. The summed E-state index contributed by atoms with van der Waals surface area (Å²) in [5, 5.41) is 0. The monoisotopic (exact) mass is 159 g/mol. The van der Waals surface area contributed by atoms with Gasteiger partial charge in [0.05, 0.1) is 5.69 Å². The summed E-state index contributed by atoms with van der Waals surface area (Å²) < 4.78 is 0. The molecule has 0 amide bonds. The van der Waals surface area contributed by atoms with E-state index in [9.17, 15) is 0 Å². The fourth-order valence-corrected chi connectivity index (χ4v) is 1.28. The Hall–Kier alpha value is -1.64. The van der Waals surface area contributed by atoms with E-state index >= 15 is 0 Å². The van der Waals surface area contributed by atoms with Crippen LogP contribution >= 0.6 is 0 Å². The molecule has 0 bridgehead atoms. The van der Waals surface area contributed by atoms with Crippen molar-refractivity contribution in [1.82, 2.24) is 4.98 Å². The van der Waals surface area contributed by atoms with E-state index in [-0.39, 0.29) is 0 Å². The van der Waals surface area contributed by atoms with Crippen LogP contribution in [0.15, 0.2) is 35.6 Å². The van der Waals surface area contributed by atoms with Gasteiger partial charge in [-0.15, -0.1) is 0 Å². The Morgan fingerprint density at radius 1 is 1.50 bits per heavy atom. The molecule has 0 aromatic carbocycles. The topological polar surface area (TPSA) is 51.3 Å². The zero-order valence-corrected chi connectivity index (χ0v) is 6.62. The molecule has 3 heteroatoms. The van der Waals surface area contributed by atoms with Gasteiger partial charge in [0.2, 0.25) is 0 Å². The van der Waals surface area contributed by atoms with Crippen LogP contribution in [0, 0.1) is 0 Å². The molecule has 60 valence electrons. The fraction of sp³-hybridized carbons (Fsp3) is 0.111. The van der Waals surface area contributed by atoms with E-state index in [1.54, 1.807) is 6.20 Å². The third-order valence-corrected chi connectivity index (χ3v) is 1.82. The minimum atomic E-state index is 0.523. The molecule has 0 saturated heterocycles. The minimum Gasteiger partial charge on any atom is -0.383 e. The van der Waals surface area contributed by atoms with Gasteiger partial charge in [0.25, 0.3) is 0 Å². The molecule has 2 heterocycles. The van der Waals surface area contributed by atoms with E-state index in [1.165, 1.54) is 0 Å². The highest BCUT2D eigenvalue weighted by molar-refractivity contribution is 6.00. The first-order valence-corrected chi connectivity index (χ1v) is 3.73. The van der Waals surface area contributed by atoms with Crippen molar-refractivity contribution in [1.29, 1.82) is 0 Å². The molecule has 0 saturated carbocycles. The summed E-state index contributed by atoms with van der Waals surface area (Å²) in [6.07, 6.45) is 2.46. The fourth-order valence-electron chi connectivity index (χ4n) is 1.28. The largest absolute Gasteiger partial charge is 0.383 e. The highest BCUT2D eigenvalue weighted by Gasteiger charge is 2.13. The molecule has 1 aromatic heterocycles. The standard InChI is InChI=1S/C9H9N3/c1-6-5-8-7(9(10)12-6)3-2-4-11-8/h2-4H,1,5H2,(H2,10,12). The maximum absolute atomic E-state index is 5.69. The van der Waals surface area contributed by atoms with Crippen molar-refractivity contribution in [2.75, 3.05) is 0 Å². The number of hydrogen-bond donors (Lipinski definition) is 1. The Bertz CT molecular complexity index is 366. The van der Waals surface area contributed by atoms with E-state index < -0.39 is 0 Å². The van der Waals surface area contributed by atoms with Crippen LogP contribution in [-0.2, 0) is 6.42 Å². The van der Waals surface area contributed by atoms with Gasteiger partial charge in [-0.25, -0.2) is 4.99 Å². The average Bonchev–Trinajstić information content (AvgIpc) is 2.04. The molecule has 12 heavy (non-hydrogen) atoms. The second-order valence-corrected chi connectivity index (χ2v) is 2.74. The second kappa shape index (κ2) is 2.44. The van der Waals surface area contributed by atoms with Crippen molar-refractivity contribution in [3.05, 3.63) is 41.9 Å². The third kappa shape index (κ3) is 0.993. The highest BCUT2D eigenvalue weighted by atomic mass is 14.9. The first-order valence-electron chi connectivity index (χ1n) is 3.73. The molecule has 1 aliphatic rings. The van der Waals surface area contributed by atoms with Crippen molar-refractivity contribution >= 4 is 5.84 Å². The molecule has 2 rings (SSSR count). The van der Waals surface area contributed by atoms with Crippen LogP contribution in [0.5, 0.6) is 0 Å². The maximum atomic E-state index is 5.69. The molecule has 1 aromatic rings. The van der Waals surface area contributed by atoms with E-state index in [1.807, 2.05) is 12.1 Å². The predicted molar refractivity (Wildman–Crippen MR) is 47.8 cm³/mol. The number of rotatable bonds is 0. The van der Waals surface area contributed by atoms with Crippen LogP contribution in [-0.4, -0.2) is 10.8 Å². The SMILES string of the molecule is C=C1Cc2ncccc2C(N)=N1. The Morgan fingerprint density at radius 2 is 2.33 bits per heavy atom. The van der Waals surface area contributed by atoms with Gasteiger partial charge in [-0.05, 0) is 12.1 Å². The average molecular weight is 159 g/mol. The van der Waals surface area contributed by atoms with Crippen molar-refractivity contribution in [2.45, 2.75) is 6.42 Å². The van der Waals surface area contributed by atoms with Crippen LogP contribution in [0.1, 0.15) is 11.3 Å². The first kappa shape index (κ1) is 7.03. The summed E-state index contributed by atoms with van der Waals surface area (Å²) in [7, 11) is 0. The van der Waals surface area contributed by atoms with Crippen molar-refractivity contribution in [2.24, 2.45) is 10.7 Å². The Kier molecular flexibility index (Phi) is 1.43. The van der Waals surface area contributed by atoms with Crippen molar-refractivity contribution in [3.8, 4) is 0 Å². The minimum absolute atomic E-state index is 0.523. The van der Waals surface area contributed by atoms with Crippen molar-refractivity contribution < 1.29 is 0 Å². The highest BCUT2D eigenvalue weighted by Crippen LogP contribution is 2.16. The summed E-state index contributed by atoms with van der Waals surface area (Å²) in [6.45, 7) is 3.76. The number of pyridine rings is 1. The third-order valence-electron chi connectivity index (χ3n) is 1.82. The number of hydrogen-bond acceptors (Lipinski definition) is 3. The van der Waals surface area contributed by atoms with Gasteiger partial charge in [-0.3, -0.25) is 4.98 Å². The molecule has 3 nitrogen and oxygen atoms in total. The molecule has 0 fully saturated rings. The zero-order valence-electron chi connectivity index (χ0n) is 6.62. The summed E-state index contributed by atoms with van der Waals surface area (Å²) >= 11 is 0. The van der Waals surface area contributed by atoms with Gasteiger partial charge in [-0.2, -0.15) is 0 Å². The lowest BCUT2D eigenvalue weighted by Gasteiger charge is -2.13. The normalized spacial score (nSPS) is 15.3. The predicted octanol–water partition coefficient (Wildman–Crippen LogP) is 0.857. The molecule has 0 spiro atoms. The summed E-state index contributed by atoms with van der Waals surface area (Å²) in [4.78, 5) is 8.28. The van der Waals surface area contributed by atoms with Gasteiger partial charge in [0.15, 0.2) is 0 Å². The van der Waals surface area contributed by atoms with E-state index in [4.69, 9.17) is 5.73 Å². The van der Waals surface area contributed by atoms with Gasteiger partial charge in [-0.1, -0.05) is 6.58 Å². The van der Waals surface area contributed by atoms with Crippen LogP contribution in [0.4, 0.5) is 0 Å². The lowest BCUT2D eigenvalue weighted by molar-refractivity contribution is 1.00. The Balaban J connectivity index is 2.60. The maximum Gasteiger partial charge on any atom is 0.132 e. The van der Waals surface area contributed by atoms with Crippen LogP contribution < -0.4 is 5.73 Å². The number of aromatic nitrogens is 1.